The normalized spacial score (nSPS) is 13.3. The Morgan fingerprint density at radius 2 is 2.41 bits per heavy atom. The molecule has 0 bridgehead atoms. The minimum Gasteiger partial charge on any atom is -0.326 e. The molecule has 0 saturated heterocycles. The van der Waals surface area contributed by atoms with Gasteiger partial charge in [0.15, 0.2) is 0 Å². The Bertz CT molecular complexity index is 515. The fourth-order valence-corrected chi connectivity index (χ4v) is 1.73. The van der Waals surface area contributed by atoms with Crippen molar-refractivity contribution in [1.82, 2.24) is 0 Å². The van der Waals surface area contributed by atoms with Gasteiger partial charge in [0.05, 0.1) is 6.42 Å². The summed E-state index contributed by atoms with van der Waals surface area (Å²) in [6.07, 6.45) is 5.09. The number of nitrogens with zero attached hydrogens (tertiary/aromatic N) is 3. The molecule has 86 valence electrons. The zero-order chi connectivity index (χ0) is 12.1. The van der Waals surface area contributed by atoms with Gasteiger partial charge in [-0.25, -0.2) is 0 Å². The second-order valence-corrected chi connectivity index (χ2v) is 3.79. The van der Waals surface area contributed by atoms with Crippen molar-refractivity contribution in [2.75, 3.05) is 11.9 Å². The van der Waals surface area contributed by atoms with Gasteiger partial charge < -0.3 is 5.32 Å². The largest absolute Gasteiger partial charge is 0.326 e. The van der Waals surface area contributed by atoms with Crippen LogP contribution in [-0.4, -0.2) is 12.5 Å². The maximum absolute atomic E-state index is 11.2. The van der Waals surface area contributed by atoms with E-state index in [4.69, 9.17) is 5.53 Å². The number of rotatable bonds is 4. The number of hydrogen-bond acceptors (Lipinski definition) is 2. The van der Waals surface area contributed by atoms with Crippen LogP contribution in [0.2, 0.25) is 0 Å². The van der Waals surface area contributed by atoms with Crippen LogP contribution in [-0.2, 0) is 11.2 Å². The lowest BCUT2D eigenvalue weighted by Crippen LogP contribution is -2.03. The average Bonchev–Trinajstić information content (AvgIpc) is 2.68. The number of carbonyl (C=O) groups excluding carboxylic acids is 1. The minimum absolute atomic E-state index is 0.0458. The SMILES string of the molecule is [N-]=[N+]=NCCC=Cc1ccc2c(c1)NC(=O)C2. The van der Waals surface area contributed by atoms with Gasteiger partial charge in [0.25, 0.3) is 0 Å². The van der Waals surface area contributed by atoms with E-state index in [1.165, 1.54) is 0 Å². The van der Waals surface area contributed by atoms with Crippen molar-refractivity contribution in [2.24, 2.45) is 5.11 Å². The molecule has 5 nitrogen and oxygen atoms in total. The van der Waals surface area contributed by atoms with Crippen molar-refractivity contribution >= 4 is 17.7 Å². The molecule has 5 heteroatoms. The monoisotopic (exact) mass is 228 g/mol. The molecule has 1 aliphatic heterocycles. The zero-order valence-electron chi connectivity index (χ0n) is 9.26. The molecule has 1 aromatic rings. The Morgan fingerprint density at radius 3 is 3.24 bits per heavy atom. The van der Waals surface area contributed by atoms with Gasteiger partial charge in [-0.05, 0) is 29.1 Å². The van der Waals surface area contributed by atoms with Crippen LogP contribution in [0.1, 0.15) is 17.5 Å². The van der Waals surface area contributed by atoms with E-state index >= 15 is 0 Å². The van der Waals surface area contributed by atoms with Gasteiger partial charge in [-0.1, -0.05) is 29.4 Å². The summed E-state index contributed by atoms with van der Waals surface area (Å²) in [6, 6.07) is 5.88. The van der Waals surface area contributed by atoms with Crippen molar-refractivity contribution in [3.63, 3.8) is 0 Å². The van der Waals surface area contributed by atoms with Gasteiger partial charge in [0.1, 0.15) is 0 Å². The van der Waals surface area contributed by atoms with Crippen LogP contribution >= 0.6 is 0 Å². The predicted molar refractivity (Wildman–Crippen MR) is 66.4 cm³/mol. The van der Waals surface area contributed by atoms with E-state index < -0.39 is 0 Å². The van der Waals surface area contributed by atoms with Crippen LogP contribution < -0.4 is 5.32 Å². The molecule has 0 aromatic heterocycles. The summed E-state index contributed by atoms with van der Waals surface area (Å²) in [5, 5.41) is 6.25. The Labute approximate surface area is 98.8 Å². The van der Waals surface area contributed by atoms with Crippen LogP contribution in [0.15, 0.2) is 29.4 Å². The van der Waals surface area contributed by atoms with E-state index in [2.05, 4.69) is 15.3 Å². The molecular weight excluding hydrogens is 216 g/mol. The number of hydrogen-bond donors (Lipinski definition) is 1. The highest BCUT2D eigenvalue weighted by atomic mass is 16.1. The fraction of sp³-hybridized carbons (Fsp3) is 0.250. The third-order valence-corrected chi connectivity index (χ3v) is 2.53. The molecule has 0 unspecified atom stereocenters. The van der Waals surface area contributed by atoms with Crippen molar-refractivity contribution < 1.29 is 4.79 Å². The zero-order valence-corrected chi connectivity index (χ0v) is 9.26. The lowest BCUT2D eigenvalue weighted by molar-refractivity contribution is -0.115. The highest BCUT2D eigenvalue weighted by Crippen LogP contribution is 2.24. The molecule has 1 aromatic carbocycles. The molecule has 1 amide bonds. The standard InChI is InChI=1S/C12H12N4O/c13-16-14-6-2-1-3-9-4-5-10-8-12(17)15-11(10)7-9/h1,3-5,7H,2,6,8H2,(H,15,17). The van der Waals surface area contributed by atoms with Gasteiger partial charge in [-0.15, -0.1) is 0 Å². The quantitative estimate of drug-likeness (QED) is 0.365. The van der Waals surface area contributed by atoms with Crippen molar-refractivity contribution in [3.05, 3.63) is 45.8 Å². The summed E-state index contributed by atoms with van der Waals surface area (Å²) in [5.41, 5.74) is 11.1. The fourth-order valence-electron chi connectivity index (χ4n) is 1.73. The molecule has 1 N–H and O–H groups in total. The van der Waals surface area contributed by atoms with E-state index in [-0.39, 0.29) is 5.91 Å². The number of carbonyl (C=O) groups is 1. The number of amides is 1. The lowest BCUT2D eigenvalue weighted by Gasteiger charge is -1.99. The molecular formula is C12H12N4O. The maximum atomic E-state index is 11.2. The number of anilines is 1. The third-order valence-electron chi connectivity index (χ3n) is 2.53. The molecule has 1 heterocycles. The van der Waals surface area contributed by atoms with Crippen molar-refractivity contribution in [1.29, 1.82) is 0 Å². The van der Waals surface area contributed by atoms with Crippen molar-refractivity contribution in [2.45, 2.75) is 12.8 Å². The van der Waals surface area contributed by atoms with E-state index in [0.717, 1.165) is 16.8 Å². The van der Waals surface area contributed by atoms with Crippen LogP contribution in [0.25, 0.3) is 16.5 Å². The van der Waals surface area contributed by atoms with E-state index in [0.29, 0.717) is 19.4 Å². The van der Waals surface area contributed by atoms with E-state index in [1.807, 2.05) is 30.4 Å². The van der Waals surface area contributed by atoms with Crippen LogP contribution in [0.5, 0.6) is 0 Å². The molecule has 0 radical (unpaired) electrons. The first-order chi connectivity index (χ1) is 8.29. The van der Waals surface area contributed by atoms with E-state index in [9.17, 15) is 4.79 Å². The van der Waals surface area contributed by atoms with Gasteiger partial charge in [0.2, 0.25) is 5.91 Å². The van der Waals surface area contributed by atoms with Crippen LogP contribution in [0.4, 0.5) is 5.69 Å². The highest BCUT2D eigenvalue weighted by molar-refractivity contribution is 5.99. The Morgan fingerprint density at radius 1 is 1.53 bits per heavy atom. The molecule has 2 rings (SSSR count). The molecule has 0 atom stereocenters. The summed E-state index contributed by atoms with van der Waals surface area (Å²) >= 11 is 0. The molecule has 0 aliphatic carbocycles. The van der Waals surface area contributed by atoms with Gasteiger partial charge in [0, 0.05) is 17.1 Å². The lowest BCUT2D eigenvalue weighted by atomic mass is 10.1. The average molecular weight is 228 g/mol. The second-order valence-electron chi connectivity index (χ2n) is 3.79. The number of azide groups is 1. The maximum Gasteiger partial charge on any atom is 0.228 e. The molecule has 0 saturated carbocycles. The predicted octanol–water partition coefficient (Wildman–Crippen LogP) is 2.89. The smallest absolute Gasteiger partial charge is 0.228 e. The Hall–Kier alpha value is -2.26. The number of benzene rings is 1. The number of fused-ring (bicyclic) bond motifs is 1. The summed E-state index contributed by atoms with van der Waals surface area (Å²) in [4.78, 5) is 13.8. The molecule has 0 spiro atoms. The minimum atomic E-state index is 0.0458. The van der Waals surface area contributed by atoms with E-state index in [1.54, 1.807) is 0 Å². The first-order valence-electron chi connectivity index (χ1n) is 5.40. The first-order valence-corrected chi connectivity index (χ1v) is 5.40. The van der Waals surface area contributed by atoms with Gasteiger partial charge in [-0.3, -0.25) is 4.79 Å². The highest BCUT2D eigenvalue weighted by Gasteiger charge is 2.16. The summed E-state index contributed by atoms with van der Waals surface area (Å²) in [7, 11) is 0. The Balaban J connectivity index is 2.01. The Kier molecular flexibility index (Phi) is 3.43. The molecule has 1 aliphatic rings. The van der Waals surface area contributed by atoms with Gasteiger partial charge >= 0.3 is 0 Å². The second kappa shape index (κ2) is 5.18. The summed E-state index contributed by atoms with van der Waals surface area (Å²) in [6.45, 7) is 0.467. The first kappa shape index (κ1) is 11.2. The van der Waals surface area contributed by atoms with Crippen LogP contribution in [0, 0.1) is 0 Å². The molecule has 0 fully saturated rings. The van der Waals surface area contributed by atoms with Crippen LogP contribution in [0.3, 0.4) is 0 Å². The summed E-state index contributed by atoms with van der Waals surface area (Å²) in [5.74, 6) is 0.0458. The summed E-state index contributed by atoms with van der Waals surface area (Å²) < 4.78 is 0. The number of nitrogens with one attached hydrogen (secondary N) is 1. The van der Waals surface area contributed by atoms with Crippen molar-refractivity contribution in [3.8, 4) is 0 Å². The third kappa shape index (κ3) is 2.86. The van der Waals surface area contributed by atoms with Gasteiger partial charge in [-0.2, -0.15) is 0 Å². The topological polar surface area (TPSA) is 77.9 Å². The molecule has 17 heavy (non-hydrogen) atoms.